The Bertz CT molecular complexity index is 1350. The van der Waals surface area contributed by atoms with Crippen LogP contribution in [0, 0.1) is 23.5 Å². The third-order valence-corrected chi connectivity index (χ3v) is 7.41. The van der Waals surface area contributed by atoms with Gasteiger partial charge >= 0.3 is 11.9 Å². The van der Waals surface area contributed by atoms with Crippen LogP contribution < -0.4 is 0 Å². The highest BCUT2D eigenvalue weighted by Crippen LogP contribution is 2.59. The largest absolute Gasteiger partial charge is 0.481 e. The Morgan fingerprint density at radius 1 is 0.595 bits per heavy atom. The number of hydrogen-bond donors (Lipinski definition) is 2. The van der Waals surface area contributed by atoms with Crippen molar-refractivity contribution in [3.05, 3.63) is 131 Å². The maximum absolute atomic E-state index is 15.9. The molecule has 6 heteroatoms. The van der Waals surface area contributed by atoms with Gasteiger partial charge in [-0.05, 0) is 47.2 Å². The minimum absolute atomic E-state index is 0.0817. The average Bonchev–Trinajstić information content (AvgIpc) is 3.20. The van der Waals surface area contributed by atoms with E-state index in [4.69, 9.17) is 0 Å². The molecule has 0 radical (unpaired) electrons. The molecule has 5 rings (SSSR count). The van der Waals surface area contributed by atoms with Gasteiger partial charge in [0.05, 0.1) is 17.3 Å². The van der Waals surface area contributed by atoms with Crippen molar-refractivity contribution in [2.75, 3.05) is 0 Å². The Morgan fingerprint density at radius 2 is 0.973 bits per heavy atom. The van der Waals surface area contributed by atoms with Crippen LogP contribution in [0.5, 0.6) is 0 Å². The molecule has 0 bridgehead atoms. The molecule has 0 heterocycles. The lowest BCUT2D eigenvalue weighted by Crippen LogP contribution is -2.51. The molecule has 4 aromatic carbocycles. The number of rotatable bonds is 8. The molecule has 2 atom stereocenters. The van der Waals surface area contributed by atoms with Gasteiger partial charge in [0.1, 0.15) is 11.6 Å². The molecule has 0 fully saturated rings. The fraction of sp³-hybridized carbons (Fsp3) is 0.161. The second-order valence-electron chi connectivity index (χ2n) is 9.35. The van der Waals surface area contributed by atoms with Gasteiger partial charge in [0, 0.05) is 11.1 Å². The number of halogens is 2. The molecule has 0 saturated carbocycles. The number of carbonyl (C=O) groups is 2. The minimum atomic E-state index is -2.02. The van der Waals surface area contributed by atoms with Crippen LogP contribution in [-0.2, 0) is 27.8 Å². The first kappa shape index (κ1) is 24.4. The first-order valence-electron chi connectivity index (χ1n) is 12.0. The molecule has 0 aromatic heterocycles. The Hall–Kier alpha value is -4.32. The van der Waals surface area contributed by atoms with Gasteiger partial charge in [0.25, 0.3) is 0 Å². The fourth-order valence-corrected chi connectivity index (χ4v) is 5.99. The van der Waals surface area contributed by atoms with E-state index in [0.29, 0.717) is 22.3 Å². The smallest absolute Gasteiger partial charge is 0.308 e. The van der Waals surface area contributed by atoms with Crippen LogP contribution in [0.4, 0.5) is 8.78 Å². The van der Waals surface area contributed by atoms with E-state index >= 15 is 8.78 Å². The SMILES string of the molecule is O=C(O)C(Cc1ccccc1)C1(C(Cc2ccccc2)C(=O)O)c2c(F)cccc2-c2cccc(F)c21. The van der Waals surface area contributed by atoms with Crippen LogP contribution in [0.2, 0.25) is 0 Å². The molecule has 186 valence electrons. The molecule has 4 nitrogen and oxygen atoms in total. The molecule has 4 aromatic rings. The standard InChI is InChI=1S/C31H24F2O4/c32-25-15-7-13-21-22-14-8-16-26(33)28(22)31(27(21)25,23(29(34)35)17-19-9-3-1-4-10-19)24(30(36)37)18-20-11-5-2-6-12-20/h1-16,23-24H,17-18H2,(H,34,35)(H,36,37). The summed E-state index contributed by atoms with van der Waals surface area (Å²) in [5, 5.41) is 21.3. The van der Waals surface area contributed by atoms with Crippen LogP contribution >= 0.6 is 0 Å². The van der Waals surface area contributed by atoms with E-state index in [-0.39, 0.29) is 24.0 Å². The summed E-state index contributed by atoms with van der Waals surface area (Å²) < 4.78 is 31.8. The van der Waals surface area contributed by atoms with Crippen LogP contribution in [-0.4, -0.2) is 22.2 Å². The molecule has 1 aliphatic carbocycles. The highest BCUT2D eigenvalue weighted by atomic mass is 19.1. The van der Waals surface area contributed by atoms with Crippen molar-refractivity contribution in [2.24, 2.45) is 11.8 Å². The van der Waals surface area contributed by atoms with Gasteiger partial charge in [-0.1, -0.05) is 84.9 Å². The van der Waals surface area contributed by atoms with Gasteiger partial charge in [-0.25, -0.2) is 8.78 Å². The van der Waals surface area contributed by atoms with Crippen molar-refractivity contribution in [3.8, 4) is 11.1 Å². The van der Waals surface area contributed by atoms with Crippen LogP contribution in [0.25, 0.3) is 11.1 Å². The van der Waals surface area contributed by atoms with Gasteiger partial charge in [-0.3, -0.25) is 9.59 Å². The quantitative estimate of drug-likeness (QED) is 0.307. The summed E-state index contributed by atoms with van der Waals surface area (Å²) in [6.45, 7) is 0. The molecular formula is C31H24F2O4. The maximum atomic E-state index is 15.9. The highest BCUT2D eigenvalue weighted by molar-refractivity contribution is 5.90. The molecule has 1 aliphatic rings. The third-order valence-electron chi connectivity index (χ3n) is 7.41. The molecule has 37 heavy (non-hydrogen) atoms. The van der Waals surface area contributed by atoms with Crippen molar-refractivity contribution in [1.29, 1.82) is 0 Å². The summed E-state index contributed by atoms with van der Waals surface area (Å²) in [6, 6.07) is 26.0. The van der Waals surface area contributed by atoms with Crippen LogP contribution in [0.15, 0.2) is 97.1 Å². The number of fused-ring (bicyclic) bond motifs is 3. The molecule has 2 N–H and O–H groups in total. The van der Waals surface area contributed by atoms with E-state index in [1.165, 1.54) is 24.3 Å². The highest BCUT2D eigenvalue weighted by Gasteiger charge is 2.60. The predicted molar refractivity (Wildman–Crippen MR) is 135 cm³/mol. The van der Waals surface area contributed by atoms with Crippen LogP contribution in [0.1, 0.15) is 22.3 Å². The number of hydrogen-bond acceptors (Lipinski definition) is 2. The summed E-state index contributed by atoms with van der Waals surface area (Å²) in [4.78, 5) is 26.2. The third kappa shape index (κ3) is 3.99. The average molecular weight is 499 g/mol. The monoisotopic (exact) mass is 498 g/mol. The number of carboxylic acids is 2. The van der Waals surface area contributed by atoms with E-state index in [1.807, 2.05) is 0 Å². The molecule has 0 amide bonds. The first-order valence-corrected chi connectivity index (χ1v) is 12.0. The molecule has 2 unspecified atom stereocenters. The number of carboxylic acid groups (broad SMARTS) is 2. The zero-order valence-electron chi connectivity index (χ0n) is 19.8. The summed E-state index contributed by atoms with van der Waals surface area (Å²) in [6.07, 6.45) is -0.230. The van der Waals surface area contributed by atoms with E-state index in [0.717, 1.165) is 0 Å². The fourth-order valence-electron chi connectivity index (χ4n) is 5.99. The molecule has 0 aliphatic heterocycles. The lowest BCUT2D eigenvalue weighted by molar-refractivity contribution is -0.150. The van der Waals surface area contributed by atoms with Crippen molar-refractivity contribution in [2.45, 2.75) is 18.3 Å². The van der Waals surface area contributed by atoms with Crippen molar-refractivity contribution in [1.82, 2.24) is 0 Å². The van der Waals surface area contributed by atoms with Gasteiger partial charge in [-0.2, -0.15) is 0 Å². The van der Waals surface area contributed by atoms with Gasteiger partial charge < -0.3 is 10.2 Å². The van der Waals surface area contributed by atoms with Gasteiger partial charge in [0.15, 0.2) is 0 Å². The van der Waals surface area contributed by atoms with Crippen molar-refractivity contribution in [3.63, 3.8) is 0 Å². The maximum Gasteiger partial charge on any atom is 0.308 e. The van der Waals surface area contributed by atoms with E-state index < -0.39 is 40.8 Å². The number of benzene rings is 4. The lowest BCUT2D eigenvalue weighted by Gasteiger charge is -2.42. The van der Waals surface area contributed by atoms with E-state index in [9.17, 15) is 19.8 Å². The van der Waals surface area contributed by atoms with E-state index in [1.54, 1.807) is 72.8 Å². The zero-order valence-corrected chi connectivity index (χ0v) is 19.8. The normalized spacial score (nSPS) is 14.9. The van der Waals surface area contributed by atoms with Crippen molar-refractivity contribution >= 4 is 11.9 Å². The topological polar surface area (TPSA) is 74.6 Å². The Labute approximate surface area is 212 Å². The Balaban J connectivity index is 1.88. The second kappa shape index (κ2) is 9.62. The lowest BCUT2D eigenvalue weighted by atomic mass is 9.57. The van der Waals surface area contributed by atoms with Gasteiger partial charge in [0.2, 0.25) is 0 Å². The number of aliphatic carboxylic acids is 2. The summed E-state index contributed by atoms with van der Waals surface area (Å²) in [7, 11) is 0. The molecule has 0 spiro atoms. The zero-order chi connectivity index (χ0) is 26.2. The Kier molecular flexibility index (Phi) is 6.34. The van der Waals surface area contributed by atoms with E-state index in [2.05, 4.69) is 0 Å². The predicted octanol–water partition coefficient (Wildman–Crippen LogP) is 6.12. The summed E-state index contributed by atoms with van der Waals surface area (Å²) >= 11 is 0. The Morgan fingerprint density at radius 3 is 1.32 bits per heavy atom. The minimum Gasteiger partial charge on any atom is -0.481 e. The molecular weight excluding hydrogens is 474 g/mol. The first-order chi connectivity index (χ1) is 17.9. The summed E-state index contributed by atoms with van der Waals surface area (Å²) in [5.41, 5.74) is -0.309. The van der Waals surface area contributed by atoms with Crippen LogP contribution in [0.3, 0.4) is 0 Å². The summed E-state index contributed by atoms with van der Waals surface area (Å²) in [5.74, 6) is -7.12. The molecule has 0 saturated heterocycles. The second-order valence-corrected chi connectivity index (χ2v) is 9.35. The van der Waals surface area contributed by atoms with Gasteiger partial charge in [-0.15, -0.1) is 0 Å². The van der Waals surface area contributed by atoms with Crippen molar-refractivity contribution < 1.29 is 28.6 Å².